The van der Waals surface area contributed by atoms with Crippen LogP contribution in [0.1, 0.15) is 30.7 Å². The first kappa shape index (κ1) is 11.0. The summed E-state index contributed by atoms with van der Waals surface area (Å²) in [5, 5.41) is 10.3. The van der Waals surface area contributed by atoms with Crippen molar-refractivity contribution in [2.75, 3.05) is 19.6 Å². The lowest BCUT2D eigenvalue weighted by Crippen LogP contribution is -2.44. The van der Waals surface area contributed by atoms with E-state index < -0.39 is 0 Å². The van der Waals surface area contributed by atoms with Crippen molar-refractivity contribution in [1.29, 1.82) is 0 Å². The van der Waals surface area contributed by atoms with Crippen LogP contribution < -0.4 is 10.6 Å². The van der Waals surface area contributed by atoms with E-state index in [-0.39, 0.29) is 0 Å². The topological polar surface area (TPSA) is 37.0 Å². The fourth-order valence-corrected chi connectivity index (χ4v) is 2.63. The number of hydrogen-bond acceptors (Lipinski definition) is 4. The highest BCUT2D eigenvalue weighted by molar-refractivity contribution is 7.09. The van der Waals surface area contributed by atoms with Gasteiger partial charge >= 0.3 is 0 Å². The summed E-state index contributed by atoms with van der Waals surface area (Å²) in [5.41, 5.74) is 0. The SMILES string of the molecule is CC(CNC1CCCNC1)c1nccs1. The summed E-state index contributed by atoms with van der Waals surface area (Å²) in [6.45, 7) is 5.58. The molecule has 1 saturated heterocycles. The molecule has 2 heterocycles. The van der Waals surface area contributed by atoms with Crippen molar-refractivity contribution in [3.63, 3.8) is 0 Å². The van der Waals surface area contributed by atoms with Crippen LogP contribution in [0.25, 0.3) is 0 Å². The third kappa shape index (κ3) is 3.26. The van der Waals surface area contributed by atoms with E-state index in [9.17, 15) is 0 Å². The van der Waals surface area contributed by atoms with Gasteiger partial charge in [0.05, 0.1) is 5.01 Å². The first-order valence-electron chi connectivity index (χ1n) is 5.70. The van der Waals surface area contributed by atoms with E-state index in [0.29, 0.717) is 12.0 Å². The maximum absolute atomic E-state index is 4.34. The molecule has 2 rings (SSSR count). The van der Waals surface area contributed by atoms with Gasteiger partial charge in [0, 0.05) is 36.6 Å². The van der Waals surface area contributed by atoms with Crippen molar-refractivity contribution in [2.24, 2.45) is 0 Å². The Bertz CT molecular complexity index is 267. The molecule has 4 heteroatoms. The molecule has 1 aliphatic rings. The number of thiazole rings is 1. The standard InChI is InChI=1S/C11H19N3S/c1-9(11-13-5-6-15-11)7-14-10-3-2-4-12-8-10/h5-6,9-10,12,14H,2-4,7-8H2,1H3. The molecule has 1 fully saturated rings. The molecular weight excluding hydrogens is 206 g/mol. The third-order valence-electron chi connectivity index (χ3n) is 2.88. The van der Waals surface area contributed by atoms with Crippen LogP contribution in [0.15, 0.2) is 11.6 Å². The fraction of sp³-hybridized carbons (Fsp3) is 0.727. The van der Waals surface area contributed by atoms with E-state index >= 15 is 0 Å². The Morgan fingerprint density at radius 2 is 2.67 bits per heavy atom. The van der Waals surface area contributed by atoms with Gasteiger partial charge in [-0.2, -0.15) is 0 Å². The maximum Gasteiger partial charge on any atom is 0.0965 e. The maximum atomic E-state index is 4.34. The molecular formula is C11H19N3S. The zero-order valence-electron chi connectivity index (χ0n) is 9.20. The van der Waals surface area contributed by atoms with Gasteiger partial charge < -0.3 is 10.6 Å². The molecule has 15 heavy (non-hydrogen) atoms. The summed E-state index contributed by atoms with van der Waals surface area (Å²) >= 11 is 1.75. The lowest BCUT2D eigenvalue weighted by atomic mass is 10.1. The minimum Gasteiger partial charge on any atom is -0.315 e. The van der Waals surface area contributed by atoms with E-state index in [4.69, 9.17) is 0 Å². The number of hydrogen-bond donors (Lipinski definition) is 2. The van der Waals surface area contributed by atoms with Gasteiger partial charge in [-0.05, 0) is 19.4 Å². The van der Waals surface area contributed by atoms with E-state index in [2.05, 4.69) is 22.5 Å². The molecule has 0 radical (unpaired) electrons. The molecule has 3 nitrogen and oxygen atoms in total. The zero-order valence-corrected chi connectivity index (χ0v) is 10.0. The monoisotopic (exact) mass is 225 g/mol. The Hall–Kier alpha value is -0.450. The number of piperidine rings is 1. The Labute approximate surface area is 95.3 Å². The minimum absolute atomic E-state index is 0.534. The largest absolute Gasteiger partial charge is 0.315 e. The summed E-state index contributed by atoms with van der Waals surface area (Å²) in [6.07, 6.45) is 4.49. The smallest absolute Gasteiger partial charge is 0.0965 e. The number of nitrogens with zero attached hydrogens (tertiary/aromatic N) is 1. The van der Waals surface area contributed by atoms with Crippen LogP contribution in [0.2, 0.25) is 0 Å². The number of nitrogens with one attached hydrogen (secondary N) is 2. The van der Waals surface area contributed by atoms with Crippen molar-refractivity contribution in [3.05, 3.63) is 16.6 Å². The molecule has 1 aromatic rings. The molecule has 1 aromatic heterocycles. The molecule has 0 aliphatic carbocycles. The Morgan fingerprint density at radius 3 is 3.33 bits per heavy atom. The Morgan fingerprint density at radius 1 is 1.73 bits per heavy atom. The Balaban J connectivity index is 1.73. The lowest BCUT2D eigenvalue weighted by molar-refractivity contribution is 0.383. The first-order chi connectivity index (χ1) is 7.36. The molecule has 2 N–H and O–H groups in total. The third-order valence-corrected chi connectivity index (χ3v) is 3.89. The average Bonchev–Trinajstić information content (AvgIpc) is 2.81. The second-order valence-corrected chi connectivity index (χ2v) is 5.15. The van der Waals surface area contributed by atoms with Gasteiger partial charge in [0.1, 0.15) is 0 Å². The van der Waals surface area contributed by atoms with Crippen LogP contribution in [-0.2, 0) is 0 Å². The van der Waals surface area contributed by atoms with Crippen LogP contribution >= 0.6 is 11.3 Å². The fourth-order valence-electron chi connectivity index (χ4n) is 1.93. The number of aromatic nitrogens is 1. The van der Waals surface area contributed by atoms with Gasteiger partial charge in [0.25, 0.3) is 0 Å². The summed E-state index contributed by atoms with van der Waals surface area (Å²) in [4.78, 5) is 4.34. The van der Waals surface area contributed by atoms with Gasteiger partial charge in [-0.1, -0.05) is 6.92 Å². The quantitative estimate of drug-likeness (QED) is 0.817. The van der Waals surface area contributed by atoms with Crippen molar-refractivity contribution in [1.82, 2.24) is 15.6 Å². The van der Waals surface area contributed by atoms with Gasteiger partial charge in [-0.3, -0.25) is 0 Å². The van der Waals surface area contributed by atoms with Crippen LogP contribution in [0.5, 0.6) is 0 Å². The molecule has 84 valence electrons. The molecule has 2 unspecified atom stereocenters. The predicted molar refractivity (Wildman–Crippen MR) is 64.4 cm³/mol. The highest BCUT2D eigenvalue weighted by atomic mass is 32.1. The molecule has 0 aromatic carbocycles. The summed E-state index contributed by atoms with van der Waals surface area (Å²) in [7, 11) is 0. The van der Waals surface area contributed by atoms with E-state index in [1.165, 1.54) is 24.4 Å². The highest BCUT2D eigenvalue weighted by Crippen LogP contribution is 2.16. The Kier molecular flexibility index (Phi) is 4.11. The molecule has 0 amide bonds. The highest BCUT2D eigenvalue weighted by Gasteiger charge is 2.14. The summed E-state index contributed by atoms with van der Waals surface area (Å²) < 4.78 is 0. The number of rotatable bonds is 4. The average molecular weight is 225 g/mol. The molecule has 2 atom stereocenters. The van der Waals surface area contributed by atoms with Crippen LogP contribution in [0.4, 0.5) is 0 Å². The summed E-state index contributed by atoms with van der Waals surface area (Å²) in [6, 6.07) is 0.654. The van der Waals surface area contributed by atoms with Crippen LogP contribution in [-0.4, -0.2) is 30.7 Å². The molecule has 1 aliphatic heterocycles. The second-order valence-electron chi connectivity index (χ2n) is 4.22. The van der Waals surface area contributed by atoms with E-state index in [0.717, 1.165) is 13.1 Å². The zero-order chi connectivity index (χ0) is 10.5. The van der Waals surface area contributed by atoms with Gasteiger partial charge in [-0.25, -0.2) is 4.98 Å². The van der Waals surface area contributed by atoms with Crippen molar-refractivity contribution in [3.8, 4) is 0 Å². The molecule has 0 saturated carbocycles. The van der Waals surface area contributed by atoms with Crippen molar-refractivity contribution < 1.29 is 0 Å². The predicted octanol–water partition coefficient (Wildman–Crippen LogP) is 1.59. The summed E-state index contributed by atoms with van der Waals surface area (Å²) in [5.74, 6) is 0.534. The first-order valence-corrected chi connectivity index (χ1v) is 6.57. The van der Waals surface area contributed by atoms with Gasteiger partial charge in [0.15, 0.2) is 0 Å². The van der Waals surface area contributed by atoms with Crippen LogP contribution in [0.3, 0.4) is 0 Å². The van der Waals surface area contributed by atoms with E-state index in [1.54, 1.807) is 11.3 Å². The van der Waals surface area contributed by atoms with Crippen LogP contribution in [0, 0.1) is 0 Å². The lowest BCUT2D eigenvalue weighted by Gasteiger charge is -2.25. The van der Waals surface area contributed by atoms with Crippen molar-refractivity contribution in [2.45, 2.75) is 31.7 Å². The van der Waals surface area contributed by atoms with Gasteiger partial charge in [0.2, 0.25) is 0 Å². The van der Waals surface area contributed by atoms with Gasteiger partial charge in [-0.15, -0.1) is 11.3 Å². The molecule has 0 spiro atoms. The normalized spacial score (nSPS) is 23.9. The minimum atomic E-state index is 0.534. The van der Waals surface area contributed by atoms with E-state index in [1.807, 2.05) is 11.6 Å². The molecule has 0 bridgehead atoms. The second kappa shape index (κ2) is 5.58. The van der Waals surface area contributed by atoms with Crippen molar-refractivity contribution >= 4 is 11.3 Å².